The SMILES string of the molecule is Cc1cn(-c2ccc(Br)cc2SCC(=O)O)c(=O)n1CC(C)C. The van der Waals surface area contributed by atoms with Crippen molar-refractivity contribution >= 4 is 33.7 Å². The van der Waals surface area contributed by atoms with Crippen LogP contribution in [0.15, 0.2) is 38.6 Å². The minimum atomic E-state index is -0.887. The number of nitrogens with zero attached hydrogens (tertiary/aromatic N) is 2. The van der Waals surface area contributed by atoms with E-state index >= 15 is 0 Å². The van der Waals surface area contributed by atoms with Crippen LogP contribution in [0.3, 0.4) is 0 Å². The number of hydrogen-bond donors (Lipinski definition) is 1. The largest absolute Gasteiger partial charge is 0.481 e. The third-order valence-corrected chi connectivity index (χ3v) is 4.78. The van der Waals surface area contributed by atoms with Gasteiger partial charge in [0.05, 0.1) is 11.4 Å². The van der Waals surface area contributed by atoms with Gasteiger partial charge in [-0.15, -0.1) is 11.8 Å². The summed E-state index contributed by atoms with van der Waals surface area (Å²) >= 11 is 4.60. The van der Waals surface area contributed by atoms with Crippen molar-refractivity contribution in [1.82, 2.24) is 9.13 Å². The molecule has 0 aliphatic heterocycles. The number of carboxylic acid groups (broad SMARTS) is 1. The molecule has 0 saturated carbocycles. The monoisotopic (exact) mass is 398 g/mol. The van der Waals surface area contributed by atoms with E-state index in [1.54, 1.807) is 15.3 Å². The maximum Gasteiger partial charge on any atom is 0.332 e. The van der Waals surface area contributed by atoms with Gasteiger partial charge in [-0.3, -0.25) is 13.9 Å². The molecular formula is C16H19BrN2O3S. The van der Waals surface area contributed by atoms with Crippen molar-refractivity contribution in [3.05, 3.63) is 45.0 Å². The number of halogens is 1. The lowest BCUT2D eigenvalue weighted by Gasteiger charge is -2.10. The predicted octanol–water partition coefficient (Wildman–Crippen LogP) is 3.54. The highest BCUT2D eigenvalue weighted by atomic mass is 79.9. The Labute approximate surface area is 147 Å². The lowest BCUT2D eigenvalue weighted by Crippen LogP contribution is -2.25. The molecule has 0 amide bonds. The van der Waals surface area contributed by atoms with Crippen LogP contribution in [0.1, 0.15) is 19.5 Å². The van der Waals surface area contributed by atoms with Crippen LogP contribution in [0.4, 0.5) is 0 Å². The highest BCUT2D eigenvalue weighted by molar-refractivity contribution is 9.10. The fraction of sp³-hybridized carbons (Fsp3) is 0.375. The highest BCUT2D eigenvalue weighted by Gasteiger charge is 2.15. The molecule has 7 heteroatoms. The summed E-state index contributed by atoms with van der Waals surface area (Å²) in [6.45, 7) is 6.70. The predicted molar refractivity (Wildman–Crippen MR) is 95.7 cm³/mol. The summed E-state index contributed by atoms with van der Waals surface area (Å²) in [5.74, 6) is -0.570. The number of aryl methyl sites for hydroxylation is 1. The van der Waals surface area contributed by atoms with E-state index in [1.807, 2.05) is 25.1 Å². The molecule has 1 aromatic heterocycles. The number of hydrogen-bond acceptors (Lipinski definition) is 3. The average Bonchev–Trinajstić information content (AvgIpc) is 2.73. The molecule has 0 atom stereocenters. The average molecular weight is 399 g/mol. The van der Waals surface area contributed by atoms with Crippen molar-refractivity contribution in [2.45, 2.75) is 32.2 Å². The van der Waals surface area contributed by atoms with Crippen LogP contribution in [0.2, 0.25) is 0 Å². The van der Waals surface area contributed by atoms with E-state index in [1.165, 1.54) is 11.8 Å². The molecule has 1 aromatic carbocycles. The molecule has 5 nitrogen and oxygen atoms in total. The van der Waals surface area contributed by atoms with Gasteiger partial charge in [-0.25, -0.2) is 4.79 Å². The normalized spacial score (nSPS) is 11.2. The Kier molecular flexibility index (Phi) is 5.75. The molecule has 0 aliphatic carbocycles. The first-order valence-electron chi connectivity index (χ1n) is 7.23. The van der Waals surface area contributed by atoms with Gasteiger partial charge in [-0.05, 0) is 31.0 Å². The van der Waals surface area contributed by atoms with Gasteiger partial charge in [-0.2, -0.15) is 0 Å². The molecule has 0 spiro atoms. The minimum absolute atomic E-state index is 0.0517. The molecule has 23 heavy (non-hydrogen) atoms. The van der Waals surface area contributed by atoms with E-state index in [9.17, 15) is 9.59 Å². The third-order valence-electron chi connectivity index (χ3n) is 3.26. The van der Waals surface area contributed by atoms with Crippen LogP contribution in [-0.4, -0.2) is 26.0 Å². The zero-order valence-corrected chi connectivity index (χ0v) is 15.6. The molecular weight excluding hydrogens is 380 g/mol. The van der Waals surface area contributed by atoms with Gasteiger partial charge >= 0.3 is 11.7 Å². The number of carbonyl (C=O) groups is 1. The molecule has 124 valence electrons. The van der Waals surface area contributed by atoms with Gasteiger partial charge in [0.15, 0.2) is 0 Å². The second kappa shape index (κ2) is 7.40. The first kappa shape index (κ1) is 17.9. The summed E-state index contributed by atoms with van der Waals surface area (Å²) in [5, 5.41) is 8.90. The Bertz CT molecular complexity index is 780. The number of benzene rings is 1. The fourth-order valence-electron chi connectivity index (χ4n) is 2.29. The molecule has 2 rings (SSSR count). The van der Waals surface area contributed by atoms with E-state index in [4.69, 9.17) is 5.11 Å². The molecule has 1 N–H and O–H groups in total. The van der Waals surface area contributed by atoms with Crippen LogP contribution in [0, 0.1) is 12.8 Å². The Morgan fingerprint density at radius 1 is 1.39 bits per heavy atom. The zero-order valence-electron chi connectivity index (χ0n) is 13.2. The van der Waals surface area contributed by atoms with Crippen LogP contribution in [0.5, 0.6) is 0 Å². The standard InChI is InChI=1S/C16H19BrN2O3S/c1-10(2)7-18-11(3)8-19(16(18)22)13-5-4-12(17)6-14(13)23-9-15(20)21/h4-6,8,10H,7,9H2,1-3H3,(H,20,21). The lowest BCUT2D eigenvalue weighted by molar-refractivity contribution is -0.133. The number of rotatable bonds is 6. The Morgan fingerprint density at radius 2 is 2.09 bits per heavy atom. The summed E-state index contributed by atoms with van der Waals surface area (Å²) in [6.07, 6.45) is 1.80. The van der Waals surface area contributed by atoms with Crippen LogP contribution < -0.4 is 5.69 Å². The van der Waals surface area contributed by atoms with Crippen molar-refractivity contribution in [1.29, 1.82) is 0 Å². The second-order valence-corrected chi connectivity index (χ2v) is 7.65. The van der Waals surface area contributed by atoms with Gasteiger partial charge in [0.25, 0.3) is 0 Å². The summed E-state index contributed by atoms with van der Waals surface area (Å²) in [7, 11) is 0. The molecule has 1 heterocycles. The number of carboxylic acids is 1. The molecule has 0 fully saturated rings. The van der Waals surface area contributed by atoms with Gasteiger partial charge in [0, 0.05) is 27.8 Å². The summed E-state index contributed by atoms with van der Waals surface area (Å²) in [5.41, 5.74) is 1.49. The first-order chi connectivity index (χ1) is 10.8. The van der Waals surface area contributed by atoms with Crippen molar-refractivity contribution in [2.75, 3.05) is 5.75 Å². The second-order valence-electron chi connectivity index (χ2n) is 5.72. The van der Waals surface area contributed by atoms with Crippen molar-refractivity contribution in [2.24, 2.45) is 5.92 Å². The molecule has 0 unspecified atom stereocenters. The van der Waals surface area contributed by atoms with Crippen molar-refractivity contribution < 1.29 is 9.90 Å². The summed E-state index contributed by atoms with van der Waals surface area (Å²) in [4.78, 5) is 24.3. The summed E-state index contributed by atoms with van der Waals surface area (Å²) in [6, 6.07) is 5.51. The topological polar surface area (TPSA) is 64.2 Å². The maximum absolute atomic E-state index is 12.7. The highest BCUT2D eigenvalue weighted by Crippen LogP contribution is 2.29. The molecule has 0 aliphatic rings. The van der Waals surface area contributed by atoms with E-state index in [-0.39, 0.29) is 11.4 Å². The Balaban J connectivity index is 2.50. The quantitative estimate of drug-likeness (QED) is 0.755. The fourth-order valence-corrected chi connectivity index (χ4v) is 3.61. The van der Waals surface area contributed by atoms with Gasteiger partial charge < -0.3 is 5.11 Å². The zero-order chi connectivity index (χ0) is 17.1. The van der Waals surface area contributed by atoms with E-state index in [2.05, 4.69) is 29.8 Å². The van der Waals surface area contributed by atoms with Gasteiger partial charge in [-0.1, -0.05) is 29.8 Å². The molecule has 0 saturated heterocycles. The number of imidazole rings is 1. The summed E-state index contributed by atoms with van der Waals surface area (Å²) < 4.78 is 4.19. The van der Waals surface area contributed by atoms with E-state index < -0.39 is 5.97 Å². The van der Waals surface area contributed by atoms with Gasteiger partial charge in [0.2, 0.25) is 0 Å². The molecule has 0 bridgehead atoms. The van der Waals surface area contributed by atoms with Crippen molar-refractivity contribution in [3.8, 4) is 5.69 Å². The van der Waals surface area contributed by atoms with E-state index in [0.29, 0.717) is 18.2 Å². The Hall–Kier alpha value is -1.47. The third kappa shape index (κ3) is 4.29. The van der Waals surface area contributed by atoms with Crippen LogP contribution in [0.25, 0.3) is 5.69 Å². The molecule has 2 aromatic rings. The Morgan fingerprint density at radius 3 is 2.70 bits per heavy atom. The maximum atomic E-state index is 12.7. The number of aromatic nitrogens is 2. The number of thioether (sulfide) groups is 1. The van der Waals surface area contributed by atoms with Crippen LogP contribution in [-0.2, 0) is 11.3 Å². The molecule has 0 radical (unpaired) electrons. The van der Waals surface area contributed by atoms with Crippen molar-refractivity contribution in [3.63, 3.8) is 0 Å². The van der Waals surface area contributed by atoms with Crippen LogP contribution >= 0.6 is 27.7 Å². The van der Waals surface area contributed by atoms with Gasteiger partial charge in [0.1, 0.15) is 0 Å². The number of aliphatic carboxylic acids is 1. The smallest absolute Gasteiger partial charge is 0.332 e. The lowest BCUT2D eigenvalue weighted by atomic mass is 10.2. The van der Waals surface area contributed by atoms with E-state index in [0.717, 1.165) is 15.1 Å². The first-order valence-corrected chi connectivity index (χ1v) is 9.00. The minimum Gasteiger partial charge on any atom is -0.481 e.